The normalized spacial score (nSPS) is 14.4. The van der Waals surface area contributed by atoms with E-state index in [1.54, 1.807) is 24.3 Å². The molecular weight excluding hydrogens is 280 g/mol. The molecule has 0 fully saturated rings. The molecule has 0 aliphatic rings. The second-order valence-corrected chi connectivity index (χ2v) is 5.61. The van der Waals surface area contributed by atoms with Crippen LogP contribution in [0.3, 0.4) is 0 Å². The molecule has 6 heteroatoms. The summed E-state index contributed by atoms with van der Waals surface area (Å²) in [6.45, 7) is 2.83. The van der Waals surface area contributed by atoms with Crippen LogP contribution in [0.25, 0.3) is 6.08 Å². The zero-order valence-corrected chi connectivity index (χ0v) is 12.0. The molecule has 0 saturated heterocycles. The highest BCUT2D eigenvalue weighted by Crippen LogP contribution is 2.09. The number of carboxylic acid groups (broad SMARTS) is 1. The Morgan fingerprint density at radius 2 is 1.90 bits per heavy atom. The van der Waals surface area contributed by atoms with Crippen molar-refractivity contribution in [2.75, 3.05) is 0 Å². The second kappa shape index (κ2) is 7.02. The molecule has 0 radical (unpaired) electrons. The van der Waals surface area contributed by atoms with Gasteiger partial charge in [-0.3, -0.25) is 4.18 Å². The van der Waals surface area contributed by atoms with Gasteiger partial charge in [0.25, 0.3) is 10.1 Å². The van der Waals surface area contributed by atoms with E-state index in [2.05, 4.69) is 0 Å². The van der Waals surface area contributed by atoms with E-state index in [4.69, 9.17) is 9.29 Å². The maximum Gasteiger partial charge on any atom is 0.331 e. The molecular formula is C14H16O5S. The Labute approximate surface area is 118 Å². The molecule has 1 N–H and O–H groups in total. The van der Waals surface area contributed by atoms with E-state index in [0.717, 1.165) is 11.0 Å². The number of carboxylic acids is 1. The molecule has 0 aliphatic carbocycles. The summed E-state index contributed by atoms with van der Waals surface area (Å²) in [5, 5.41) is 9.64. The summed E-state index contributed by atoms with van der Waals surface area (Å²) >= 11 is 0. The number of aliphatic carboxylic acids is 1. The van der Waals surface area contributed by atoms with E-state index < -0.39 is 22.2 Å². The van der Waals surface area contributed by atoms with Gasteiger partial charge in [-0.1, -0.05) is 30.3 Å². The Hall–Kier alpha value is -1.92. The predicted octanol–water partition coefficient (Wildman–Crippen LogP) is 2.42. The zero-order chi connectivity index (χ0) is 15.2. The molecule has 5 nitrogen and oxygen atoms in total. The number of benzene rings is 1. The monoisotopic (exact) mass is 296 g/mol. The number of hydrogen-bond acceptors (Lipinski definition) is 4. The van der Waals surface area contributed by atoms with Gasteiger partial charge in [-0.25, -0.2) is 4.79 Å². The minimum atomic E-state index is -3.87. The Kier molecular flexibility index (Phi) is 5.66. The molecule has 1 atom stereocenters. The van der Waals surface area contributed by atoms with Crippen LogP contribution >= 0.6 is 0 Å². The van der Waals surface area contributed by atoms with Crippen molar-refractivity contribution in [3.05, 3.63) is 53.0 Å². The maximum absolute atomic E-state index is 11.7. The van der Waals surface area contributed by atoms with Crippen molar-refractivity contribution in [3.63, 3.8) is 0 Å². The Morgan fingerprint density at radius 1 is 1.30 bits per heavy atom. The lowest BCUT2D eigenvalue weighted by atomic mass is 10.2. The summed E-state index contributed by atoms with van der Waals surface area (Å²) in [4.78, 5) is 10.6. The van der Waals surface area contributed by atoms with Crippen LogP contribution in [0.1, 0.15) is 19.4 Å². The smallest absolute Gasteiger partial charge is 0.331 e. The van der Waals surface area contributed by atoms with Gasteiger partial charge >= 0.3 is 5.97 Å². The van der Waals surface area contributed by atoms with Crippen LogP contribution in [-0.2, 0) is 19.1 Å². The Bertz CT molecular complexity index is 614. The van der Waals surface area contributed by atoms with E-state index in [-0.39, 0.29) is 5.57 Å². The van der Waals surface area contributed by atoms with Crippen molar-refractivity contribution in [3.8, 4) is 0 Å². The van der Waals surface area contributed by atoms with Crippen molar-refractivity contribution in [1.29, 1.82) is 0 Å². The van der Waals surface area contributed by atoms with Crippen molar-refractivity contribution in [1.82, 2.24) is 0 Å². The van der Waals surface area contributed by atoms with E-state index >= 15 is 0 Å². The highest BCUT2D eigenvalue weighted by atomic mass is 32.2. The topological polar surface area (TPSA) is 80.7 Å². The van der Waals surface area contributed by atoms with E-state index in [1.807, 2.05) is 6.07 Å². The van der Waals surface area contributed by atoms with Gasteiger partial charge in [0, 0.05) is 5.57 Å². The summed E-state index contributed by atoms with van der Waals surface area (Å²) in [6, 6.07) is 8.90. The van der Waals surface area contributed by atoms with Crippen LogP contribution in [0.15, 0.2) is 47.4 Å². The van der Waals surface area contributed by atoms with Crippen LogP contribution in [0, 0.1) is 0 Å². The summed E-state index contributed by atoms with van der Waals surface area (Å²) < 4.78 is 28.2. The third kappa shape index (κ3) is 5.81. The third-order valence-corrected chi connectivity index (χ3v) is 3.38. The first kappa shape index (κ1) is 16.1. The van der Waals surface area contributed by atoms with E-state index in [9.17, 15) is 13.2 Å². The lowest BCUT2D eigenvalue weighted by molar-refractivity contribution is -0.132. The first-order chi connectivity index (χ1) is 9.30. The Morgan fingerprint density at radius 3 is 2.45 bits per heavy atom. The average molecular weight is 296 g/mol. The van der Waals surface area contributed by atoms with E-state index in [0.29, 0.717) is 0 Å². The number of hydrogen-bond donors (Lipinski definition) is 1. The van der Waals surface area contributed by atoms with Gasteiger partial charge in [0.15, 0.2) is 0 Å². The number of rotatable bonds is 6. The molecule has 20 heavy (non-hydrogen) atoms. The van der Waals surface area contributed by atoms with Crippen molar-refractivity contribution < 1.29 is 22.5 Å². The molecule has 0 amide bonds. The minimum Gasteiger partial charge on any atom is -0.478 e. The van der Waals surface area contributed by atoms with Crippen molar-refractivity contribution >= 4 is 22.2 Å². The molecule has 0 bridgehead atoms. The fourth-order valence-electron chi connectivity index (χ4n) is 1.42. The maximum atomic E-state index is 11.7. The van der Waals surface area contributed by atoms with Gasteiger partial charge in [0.05, 0.1) is 11.5 Å². The van der Waals surface area contributed by atoms with Crippen molar-refractivity contribution in [2.45, 2.75) is 20.0 Å². The standard InChI is InChI=1S/C14H16O5S/c1-11(14(15)16)10-12(2)19-20(17,18)9-8-13-6-4-3-5-7-13/h3-10,12H,1-2H3,(H,15,16). The first-order valence-corrected chi connectivity index (χ1v) is 7.35. The average Bonchev–Trinajstić information content (AvgIpc) is 2.37. The summed E-state index contributed by atoms with van der Waals surface area (Å²) in [5.41, 5.74) is 0.754. The summed E-state index contributed by atoms with van der Waals surface area (Å²) in [5.74, 6) is -1.11. The van der Waals surface area contributed by atoms with E-state index in [1.165, 1.54) is 26.0 Å². The fraction of sp³-hybridized carbons (Fsp3) is 0.214. The molecule has 0 spiro atoms. The molecule has 1 aromatic carbocycles. The molecule has 1 aromatic rings. The predicted molar refractivity (Wildman–Crippen MR) is 76.3 cm³/mol. The molecule has 0 heterocycles. The molecule has 0 aliphatic heterocycles. The molecule has 1 unspecified atom stereocenters. The van der Waals surface area contributed by atoms with Crippen LogP contribution in [0.4, 0.5) is 0 Å². The van der Waals surface area contributed by atoms with Gasteiger partial charge in [0.2, 0.25) is 0 Å². The first-order valence-electron chi connectivity index (χ1n) is 5.88. The van der Waals surface area contributed by atoms with Crippen LogP contribution in [0.5, 0.6) is 0 Å². The minimum absolute atomic E-state index is 0.0275. The quantitative estimate of drug-likeness (QED) is 0.644. The Balaban J connectivity index is 2.74. The second-order valence-electron chi connectivity index (χ2n) is 4.16. The zero-order valence-electron chi connectivity index (χ0n) is 11.2. The van der Waals surface area contributed by atoms with Gasteiger partial charge in [-0.2, -0.15) is 8.42 Å². The molecule has 0 saturated carbocycles. The van der Waals surface area contributed by atoms with Gasteiger partial charge in [0.1, 0.15) is 0 Å². The molecule has 108 valence electrons. The highest BCUT2D eigenvalue weighted by Gasteiger charge is 2.12. The molecule has 0 aromatic heterocycles. The van der Waals surface area contributed by atoms with Gasteiger partial charge in [-0.15, -0.1) is 0 Å². The van der Waals surface area contributed by atoms with Gasteiger partial charge < -0.3 is 5.11 Å². The van der Waals surface area contributed by atoms with Crippen LogP contribution in [-0.4, -0.2) is 25.6 Å². The lowest BCUT2D eigenvalue weighted by Gasteiger charge is -2.07. The fourth-order valence-corrected chi connectivity index (χ4v) is 2.29. The largest absolute Gasteiger partial charge is 0.478 e. The highest BCUT2D eigenvalue weighted by molar-refractivity contribution is 7.89. The van der Waals surface area contributed by atoms with Crippen LogP contribution < -0.4 is 0 Å². The summed E-state index contributed by atoms with van der Waals surface area (Å²) in [6.07, 6.45) is 1.79. The van der Waals surface area contributed by atoms with Gasteiger partial charge in [-0.05, 0) is 31.6 Å². The SMILES string of the molecule is CC(=CC(C)OS(=O)(=O)C=Cc1ccccc1)C(=O)O. The lowest BCUT2D eigenvalue weighted by Crippen LogP contribution is -2.12. The number of carbonyl (C=O) groups is 1. The third-order valence-electron chi connectivity index (χ3n) is 2.33. The molecule has 1 rings (SSSR count). The van der Waals surface area contributed by atoms with Crippen molar-refractivity contribution in [2.24, 2.45) is 0 Å². The summed E-state index contributed by atoms with van der Waals surface area (Å²) in [7, 11) is -3.87. The van der Waals surface area contributed by atoms with Crippen LogP contribution in [0.2, 0.25) is 0 Å².